The molecule has 0 aromatic heterocycles. The summed E-state index contributed by atoms with van der Waals surface area (Å²) in [5, 5.41) is 15.0. The van der Waals surface area contributed by atoms with Crippen LogP contribution in [-0.2, 0) is 14.3 Å². The first-order chi connectivity index (χ1) is 11.9. The third-order valence-electron chi connectivity index (χ3n) is 4.92. The molecule has 1 aromatic rings. The molecule has 2 N–H and O–H groups in total. The smallest absolute Gasteiger partial charge is 0.312 e. The van der Waals surface area contributed by atoms with Crippen LogP contribution >= 0.6 is 0 Å². The molecule has 7 heteroatoms. The maximum atomic E-state index is 12.6. The molecular weight excluding hydrogens is 324 g/mol. The zero-order valence-corrected chi connectivity index (χ0v) is 14.5. The number of benzene rings is 1. The molecular formula is C18H22N2O5. The first-order valence-electron chi connectivity index (χ1n) is 8.28. The predicted molar refractivity (Wildman–Crippen MR) is 90.2 cm³/mol. The molecule has 0 spiro atoms. The Labute approximate surface area is 146 Å². The van der Waals surface area contributed by atoms with Crippen LogP contribution in [0.1, 0.15) is 31.7 Å². The van der Waals surface area contributed by atoms with Gasteiger partial charge >= 0.3 is 5.97 Å². The minimum atomic E-state index is -1.36. The van der Waals surface area contributed by atoms with Crippen LogP contribution in [0.2, 0.25) is 0 Å². The van der Waals surface area contributed by atoms with Crippen molar-refractivity contribution in [2.75, 3.05) is 13.7 Å². The molecule has 0 saturated heterocycles. The van der Waals surface area contributed by atoms with Crippen LogP contribution in [0.5, 0.6) is 5.75 Å². The number of carbonyl (C=O) groups is 2. The maximum absolute atomic E-state index is 12.6. The Bertz CT molecular complexity index is 711. The molecule has 0 bridgehead atoms. The first kappa shape index (κ1) is 17.4. The number of ether oxygens (including phenoxy) is 2. The summed E-state index contributed by atoms with van der Waals surface area (Å²) in [6.07, 6.45) is 0.145. The Morgan fingerprint density at radius 3 is 2.68 bits per heavy atom. The molecule has 134 valence electrons. The Hall–Kier alpha value is -2.41. The fourth-order valence-electron chi connectivity index (χ4n) is 3.84. The number of esters is 1. The van der Waals surface area contributed by atoms with Crippen molar-refractivity contribution in [3.8, 4) is 5.75 Å². The van der Waals surface area contributed by atoms with Crippen molar-refractivity contribution in [1.82, 2.24) is 5.43 Å². The van der Waals surface area contributed by atoms with Crippen molar-refractivity contribution in [3.05, 3.63) is 29.8 Å². The van der Waals surface area contributed by atoms with E-state index in [9.17, 15) is 14.7 Å². The van der Waals surface area contributed by atoms with Gasteiger partial charge in [0.05, 0.1) is 36.9 Å². The molecule has 3 rings (SSSR count). The normalized spacial score (nSPS) is 31.0. The summed E-state index contributed by atoms with van der Waals surface area (Å²) in [6, 6.07) is 7.15. The fraction of sp³-hybridized carbons (Fsp3) is 0.500. The molecule has 1 heterocycles. The average molecular weight is 346 g/mol. The molecule has 1 aliphatic heterocycles. The van der Waals surface area contributed by atoms with E-state index in [4.69, 9.17) is 9.47 Å². The zero-order chi connectivity index (χ0) is 18.2. The summed E-state index contributed by atoms with van der Waals surface area (Å²) in [6.45, 7) is 3.51. The van der Waals surface area contributed by atoms with Gasteiger partial charge in [-0.2, -0.15) is 5.10 Å². The number of aliphatic hydroxyl groups is 1. The van der Waals surface area contributed by atoms with Crippen LogP contribution in [0.15, 0.2) is 29.4 Å². The minimum absolute atomic E-state index is 0.145. The van der Waals surface area contributed by atoms with Gasteiger partial charge in [0, 0.05) is 12.3 Å². The average Bonchev–Trinajstić information content (AvgIpc) is 2.93. The van der Waals surface area contributed by atoms with Gasteiger partial charge in [-0.3, -0.25) is 9.59 Å². The monoisotopic (exact) mass is 346 g/mol. The van der Waals surface area contributed by atoms with Gasteiger partial charge < -0.3 is 14.6 Å². The third kappa shape index (κ3) is 3.00. The van der Waals surface area contributed by atoms with Crippen LogP contribution < -0.4 is 10.2 Å². The second kappa shape index (κ2) is 6.48. The Morgan fingerprint density at radius 2 is 2.08 bits per heavy atom. The molecule has 0 unspecified atom stereocenters. The van der Waals surface area contributed by atoms with Crippen LogP contribution in [0.4, 0.5) is 0 Å². The van der Waals surface area contributed by atoms with Crippen molar-refractivity contribution in [3.63, 3.8) is 0 Å². The largest absolute Gasteiger partial charge is 0.497 e. The van der Waals surface area contributed by atoms with E-state index in [0.717, 1.165) is 5.56 Å². The molecule has 4 atom stereocenters. The lowest BCUT2D eigenvalue weighted by Gasteiger charge is -2.43. The van der Waals surface area contributed by atoms with Crippen molar-refractivity contribution in [2.45, 2.75) is 31.8 Å². The SMILES string of the molecule is CCOC(=O)[C@@H]1[C@@H](c2ccc(OC)cc2)[C@H]2C(=O)NN=C2C[C@@]1(C)O. The first-order valence-corrected chi connectivity index (χ1v) is 8.28. The van der Waals surface area contributed by atoms with Gasteiger partial charge in [-0.05, 0) is 31.5 Å². The van der Waals surface area contributed by atoms with Gasteiger partial charge in [-0.1, -0.05) is 12.1 Å². The predicted octanol–water partition coefficient (Wildman–Crippen LogP) is 1.21. The number of nitrogens with zero attached hydrogens (tertiary/aromatic N) is 1. The lowest BCUT2D eigenvalue weighted by atomic mass is 9.61. The van der Waals surface area contributed by atoms with E-state index < -0.39 is 29.3 Å². The summed E-state index contributed by atoms with van der Waals surface area (Å²) in [5.41, 5.74) is 2.44. The van der Waals surface area contributed by atoms with Crippen molar-refractivity contribution < 1.29 is 24.2 Å². The summed E-state index contributed by atoms with van der Waals surface area (Å²) < 4.78 is 10.4. The number of carbonyl (C=O) groups excluding carboxylic acids is 2. The van der Waals surface area contributed by atoms with Crippen molar-refractivity contribution >= 4 is 17.6 Å². The number of hydrogen-bond acceptors (Lipinski definition) is 6. The second-order valence-electron chi connectivity index (χ2n) is 6.62. The molecule has 1 aliphatic carbocycles. The van der Waals surface area contributed by atoms with Gasteiger partial charge in [0.25, 0.3) is 0 Å². The summed E-state index contributed by atoms with van der Waals surface area (Å²) >= 11 is 0. The summed E-state index contributed by atoms with van der Waals surface area (Å²) in [7, 11) is 1.57. The molecule has 1 saturated carbocycles. The van der Waals surface area contributed by atoms with Gasteiger partial charge in [-0.25, -0.2) is 5.43 Å². The number of fused-ring (bicyclic) bond motifs is 1. The van der Waals surface area contributed by atoms with Gasteiger partial charge in [0.2, 0.25) is 5.91 Å². The second-order valence-corrected chi connectivity index (χ2v) is 6.62. The fourth-order valence-corrected chi connectivity index (χ4v) is 3.84. The summed E-state index contributed by atoms with van der Waals surface area (Å²) in [4.78, 5) is 25.0. The molecule has 1 fully saturated rings. The number of hydrogen-bond donors (Lipinski definition) is 2. The van der Waals surface area contributed by atoms with Gasteiger partial charge in [0.1, 0.15) is 5.75 Å². The number of rotatable bonds is 4. The topological polar surface area (TPSA) is 97.2 Å². The Balaban J connectivity index is 2.09. The lowest BCUT2D eigenvalue weighted by Crippen LogP contribution is -2.54. The highest BCUT2D eigenvalue weighted by Crippen LogP contribution is 2.47. The number of methoxy groups -OCH3 is 1. The van der Waals surface area contributed by atoms with E-state index >= 15 is 0 Å². The van der Waals surface area contributed by atoms with E-state index in [1.54, 1.807) is 45.2 Å². The highest BCUT2D eigenvalue weighted by molar-refractivity contribution is 6.10. The minimum Gasteiger partial charge on any atom is -0.497 e. The zero-order valence-electron chi connectivity index (χ0n) is 14.5. The van der Waals surface area contributed by atoms with Crippen molar-refractivity contribution in [1.29, 1.82) is 0 Å². The van der Waals surface area contributed by atoms with E-state index in [0.29, 0.717) is 11.5 Å². The molecule has 2 aliphatic rings. The molecule has 7 nitrogen and oxygen atoms in total. The van der Waals surface area contributed by atoms with Gasteiger partial charge in [0.15, 0.2) is 0 Å². The summed E-state index contributed by atoms with van der Waals surface area (Å²) in [5.74, 6) is -2.12. The third-order valence-corrected chi connectivity index (χ3v) is 4.92. The Morgan fingerprint density at radius 1 is 1.40 bits per heavy atom. The lowest BCUT2D eigenvalue weighted by molar-refractivity contribution is -0.160. The highest BCUT2D eigenvalue weighted by atomic mass is 16.5. The molecule has 1 amide bonds. The number of amides is 1. The molecule has 0 radical (unpaired) electrons. The standard InChI is InChI=1S/C18H22N2O5/c1-4-25-17(22)15-13(10-5-7-11(24-3)8-6-10)14-12(9-18(15,2)23)19-20-16(14)21/h5-8,13-15,23H,4,9H2,1-3H3,(H,20,21)/t13-,14-,15-,18+/m0/s1. The number of hydrazone groups is 1. The van der Waals surface area contributed by atoms with E-state index in [1.807, 2.05) is 0 Å². The molecule has 25 heavy (non-hydrogen) atoms. The maximum Gasteiger partial charge on any atom is 0.312 e. The highest BCUT2D eigenvalue weighted by Gasteiger charge is 2.57. The quantitative estimate of drug-likeness (QED) is 0.799. The molecule has 1 aromatic carbocycles. The Kier molecular flexibility index (Phi) is 4.51. The van der Waals surface area contributed by atoms with E-state index in [1.165, 1.54) is 0 Å². The van der Waals surface area contributed by atoms with Crippen LogP contribution in [0.3, 0.4) is 0 Å². The van der Waals surface area contributed by atoms with Crippen molar-refractivity contribution in [2.24, 2.45) is 16.9 Å². The van der Waals surface area contributed by atoms with Crippen LogP contribution in [0, 0.1) is 11.8 Å². The van der Waals surface area contributed by atoms with Crippen LogP contribution in [0.25, 0.3) is 0 Å². The van der Waals surface area contributed by atoms with Gasteiger partial charge in [-0.15, -0.1) is 0 Å². The van der Waals surface area contributed by atoms with Crippen LogP contribution in [-0.4, -0.2) is 42.0 Å². The van der Waals surface area contributed by atoms with E-state index in [2.05, 4.69) is 10.5 Å². The van der Waals surface area contributed by atoms with E-state index in [-0.39, 0.29) is 18.9 Å². The number of nitrogens with one attached hydrogen (secondary N) is 1.